The van der Waals surface area contributed by atoms with Gasteiger partial charge in [-0.05, 0) is 78.3 Å². The van der Waals surface area contributed by atoms with E-state index < -0.39 is 41.2 Å². The Bertz CT molecular complexity index is 1750. The Kier molecular flexibility index (Phi) is 6.23. The van der Waals surface area contributed by atoms with Crippen LogP contribution < -0.4 is 16.4 Å². The Morgan fingerprint density at radius 3 is 2.64 bits per heavy atom. The van der Waals surface area contributed by atoms with Crippen molar-refractivity contribution in [2.75, 3.05) is 10.6 Å². The molecule has 8 nitrogen and oxygen atoms in total. The van der Waals surface area contributed by atoms with Crippen LogP contribution in [0.4, 0.5) is 25.1 Å². The number of amides is 2. The molecule has 0 saturated heterocycles. The molecule has 0 fully saturated rings. The second kappa shape index (κ2) is 9.99. The third kappa shape index (κ3) is 4.21. The number of hydrogen-bond acceptors (Lipinski definition) is 6. The van der Waals surface area contributed by atoms with E-state index in [-0.39, 0.29) is 11.5 Å². The summed E-state index contributed by atoms with van der Waals surface area (Å²) in [4.78, 5) is 34.9. The molecule has 4 N–H and O–H groups in total. The smallest absolute Gasteiger partial charge is 0.412 e. The number of anilines is 2. The van der Waals surface area contributed by atoms with E-state index in [2.05, 4.69) is 20.6 Å². The number of carbonyl (C=O) groups excluding carboxylic acids is 2. The fourth-order valence-electron chi connectivity index (χ4n) is 6.74. The predicted octanol–water partition coefficient (Wildman–Crippen LogP) is 5.61. The summed E-state index contributed by atoms with van der Waals surface area (Å²) in [7, 11) is 0. The second-order valence-corrected chi connectivity index (χ2v) is 11.1. The van der Waals surface area contributed by atoms with Gasteiger partial charge in [-0.1, -0.05) is 30.3 Å². The minimum Gasteiger partial charge on any atom is -0.439 e. The lowest BCUT2D eigenvalue weighted by Crippen LogP contribution is -2.35. The van der Waals surface area contributed by atoms with Gasteiger partial charge in [0.2, 0.25) is 5.91 Å². The zero-order valence-electron chi connectivity index (χ0n) is 22.4. The van der Waals surface area contributed by atoms with E-state index in [1.54, 1.807) is 30.6 Å². The van der Waals surface area contributed by atoms with Gasteiger partial charge in [-0.3, -0.25) is 15.1 Å². The summed E-state index contributed by atoms with van der Waals surface area (Å²) in [6, 6.07) is 16.2. The molecule has 3 aliphatic rings. The monoisotopic (exact) mass is 567 g/mol. The van der Waals surface area contributed by atoms with Crippen molar-refractivity contribution in [3.63, 3.8) is 0 Å². The first-order valence-electron chi connectivity index (χ1n) is 13.8. The highest BCUT2D eigenvalue weighted by molar-refractivity contribution is 6.06. The molecule has 4 atom stereocenters. The van der Waals surface area contributed by atoms with Crippen molar-refractivity contribution in [1.29, 1.82) is 0 Å². The summed E-state index contributed by atoms with van der Waals surface area (Å²) in [5.41, 5.74) is 10.6. The Morgan fingerprint density at radius 2 is 1.76 bits per heavy atom. The van der Waals surface area contributed by atoms with Crippen molar-refractivity contribution in [3.05, 3.63) is 118 Å². The Morgan fingerprint density at radius 1 is 0.976 bits per heavy atom. The number of fused-ring (bicyclic) bond motifs is 4. The largest absolute Gasteiger partial charge is 0.439 e. The number of ether oxygens (including phenoxy) is 1. The summed E-state index contributed by atoms with van der Waals surface area (Å²) in [5.74, 6) is -1.87. The number of hydrogen-bond donors (Lipinski definition) is 3. The third-order valence-electron chi connectivity index (χ3n) is 8.77. The maximum atomic E-state index is 14.7. The van der Waals surface area contributed by atoms with Crippen molar-refractivity contribution in [1.82, 2.24) is 9.97 Å². The normalized spacial score (nSPS) is 23.9. The topological polar surface area (TPSA) is 119 Å². The fourth-order valence-corrected chi connectivity index (χ4v) is 6.74. The highest BCUT2D eigenvalue weighted by Crippen LogP contribution is 2.47. The van der Waals surface area contributed by atoms with E-state index in [4.69, 9.17) is 10.5 Å². The number of nitrogens with zero attached hydrogens (tertiary/aromatic N) is 2. The summed E-state index contributed by atoms with van der Waals surface area (Å²) < 4.78 is 34.6. The van der Waals surface area contributed by atoms with E-state index in [0.717, 1.165) is 22.8 Å². The van der Waals surface area contributed by atoms with Gasteiger partial charge in [0, 0.05) is 35.6 Å². The molecule has 2 aromatic carbocycles. The van der Waals surface area contributed by atoms with Crippen LogP contribution in [0.1, 0.15) is 64.4 Å². The summed E-state index contributed by atoms with van der Waals surface area (Å²) in [5, 5.41) is 5.71. The standard InChI is InChI=1S/C32H27F2N5O3/c33-24-7-1-4-20(26(24)34)21-10-11-25(28-22(27(21)35)5-2-12-36-28)42-31(41)38-19-9-8-17-15-32(16-18(17)14-19)23-6-3-13-37-29(23)39-30(32)40/h1-9,12-14,21,25,27H,10-11,15-16,35H2,(H,38,41)(H,37,39,40). The van der Waals surface area contributed by atoms with Gasteiger partial charge in [-0.2, -0.15) is 0 Å². The van der Waals surface area contributed by atoms with E-state index >= 15 is 0 Å². The maximum Gasteiger partial charge on any atom is 0.412 e. The van der Waals surface area contributed by atoms with Crippen molar-refractivity contribution < 1.29 is 23.1 Å². The van der Waals surface area contributed by atoms with E-state index in [1.165, 1.54) is 12.1 Å². The minimum atomic E-state index is -0.933. The fraction of sp³-hybridized carbons (Fsp3) is 0.250. The SMILES string of the molecule is NC1c2cccnc2C(OC(=O)Nc2ccc3c(c2)CC2(C3)C(=O)Nc3ncccc32)CCC1c1cccc(F)c1F. The zero-order valence-corrected chi connectivity index (χ0v) is 22.4. The average molecular weight is 568 g/mol. The molecule has 2 amide bonds. The van der Waals surface area contributed by atoms with Crippen LogP contribution in [-0.2, 0) is 27.8 Å². The molecule has 1 spiro atoms. The predicted molar refractivity (Wildman–Crippen MR) is 151 cm³/mol. The van der Waals surface area contributed by atoms with Crippen LogP contribution in [0, 0.1) is 11.6 Å². The summed E-state index contributed by atoms with van der Waals surface area (Å²) >= 11 is 0. The maximum absolute atomic E-state index is 14.7. The molecule has 0 bridgehead atoms. The number of benzene rings is 2. The van der Waals surface area contributed by atoms with Gasteiger partial charge in [0.05, 0.1) is 11.1 Å². The lowest BCUT2D eigenvalue weighted by atomic mass is 9.79. The Hall–Kier alpha value is -4.70. The number of rotatable bonds is 3. The molecule has 4 aromatic rings. The van der Waals surface area contributed by atoms with Crippen molar-refractivity contribution in [3.8, 4) is 0 Å². The quantitative estimate of drug-likeness (QED) is 0.277. The van der Waals surface area contributed by atoms with Crippen LogP contribution in [0.5, 0.6) is 0 Å². The van der Waals surface area contributed by atoms with Crippen LogP contribution in [-0.4, -0.2) is 22.0 Å². The number of nitrogens with two attached hydrogens (primary N) is 1. The minimum absolute atomic E-state index is 0.0736. The van der Waals surface area contributed by atoms with Crippen molar-refractivity contribution >= 4 is 23.5 Å². The summed E-state index contributed by atoms with van der Waals surface area (Å²) in [6.45, 7) is 0. The first-order chi connectivity index (χ1) is 20.3. The highest BCUT2D eigenvalue weighted by atomic mass is 19.2. The van der Waals surface area contributed by atoms with Gasteiger partial charge in [-0.25, -0.2) is 18.6 Å². The van der Waals surface area contributed by atoms with E-state index in [9.17, 15) is 18.4 Å². The third-order valence-corrected chi connectivity index (χ3v) is 8.77. The Labute approximate surface area is 240 Å². The van der Waals surface area contributed by atoms with Crippen LogP contribution in [0.2, 0.25) is 0 Å². The molecule has 10 heteroatoms. The molecule has 1 aliphatic heterocycles. The van der Waals surface area contributed by atoms with Crippen molar-refractivity contribution in [2.45, 2.75) is 49.2 Å². The van der Waals surface area contributed by atoms with Crippen LogP contribution >= 0.6 is 0 Å². The molecule has 2 aliphatic carbocycles. The molecule has 7 rings (SSSR count). The van der Waals surface area contributed by atoms with E-state index in [1.807, 2.05) is 24.3 Å². The molecular formula is C32H27F2N5O3. The lowest BCUT2D eigenvalue weighted by molar-refractivity contribution is -0.120. The molecule has 212 valence electrons. The van der Waals surface area contributed by atoms with Crippen LogP contribution in [0.3, 0.4) is 0 Å². The molecule has 42 heavy (non-hydrogen) atoms. The van der Waals surface area contributed by atoms with Gasteiger partial charge in [0.15, 0.2) is 11.6 Å². The highest BCUT2D eigenvalue weighted by Gasteiger charge is 2.51. The first-order valence-corrected chi connectivity index (χ1v) is 13.8. The van der Waals surface area contributed by atoms with Gasteiger partial charge in [0.1, 0.15) is 11.9 Å². The number of pyridine rings is 2. The van der Waals surface area contributed by atoms with Crippen molar-refractivity contribution in [2.24, 2.45) is 5.73 Å². The second-order valence-electron chi connectivity index (χ2n) is 11.1. The van der Waals surface area contributed by atoms with Gasteiger partial charge < -0.3 is 15.8 Å². The zero-order chi connectivity index (χ0) is 29.0. The number of aromatic nitrogens is 2. The molecule has 0 saturated carbocycles. The molecule has 4 unspecified atom stereocenters. The summed E-state index contributed by atoms with van der Waals surface area (Å²) in [6.07, 6.45) is 3.55. The van der Waals surface area contributed by atoms with Gasteiger partial charge in [0.25, 0.3) is 0 Å². The van der Waals surface area contributed by atoms with Gasteiger partial charge in [-0.15, -0.1) is 0 Å². The number of carbonyl (C=O) groups is 2. The lowest BCUT2D eigenvalue weighted by Gasteiger charge is -2.23. The number of nitrogens with one attached hydrogen (secondary N) is 2. The first kappa shape index (κ1) is 26.2. The molecule has 2 aromatic heterocycles. The van der Waals surface area contributed by atoms with Gasteiger partial charge >= 0.3 is 6.09 Å². The molecule has 0 radical (unpaired) electrons. The molecule has 3 heterocycles. The number of halogens is 2. The van der Waals surface area contributed by atoms with E-state index in [0.29, 0.717) is 48.4 Å². The van der Waals surface area contributed by atoms with Crippen LogP contribution in [0.15, 0.2) is 73.1 Å². The molecular weight excluding hydrogens is 540 g/mol. The van der Waals surface area contributed by atoms with Crippen LogP contribution in [0.25, 0.3) is 0 Å². The average Bonchev–Trinajstić information content (AvgIpc) is 3.46. The Balaban J connectivity index is 1.10.